The van der Waals surface area contributed by atoms with E-state index in [0.717, 1.165) is 13.0 Å². The van der Waals surface area contributed by atoms with Gasteiger partial charge in [-0.25, -0.2) is 0 Å². The summed E-state index contributed by atoms with van der Waals surface area (Å²) < 4.78 is 0. The Morgan fingerprint density at radius 2 is 2.12 bits per heavy atom. The number of hydrogen-bond acceptors (Lipinski definition) is 2. The number of carbonyl (C=O) groups excluding carboxylic acids is 1. The number of thiol groups is 1. The van der Waals surface area contributed by atoms with E-state index in [0.29, 0.717) is 5.75 Å². The van der Waals surface area contributed by atoms with Crippen LogP contribution in [0.1, 0.15) is 23.1 Å². The lowest BCUT2D eigenvalue weighted by molar-refractivity contribution is -0.127. The fourth-order valence-corrected chi connectivity index (χ4v) is 2.56. The van der Waals surface area contributed by atoms with Crippen LogP contribution in [0.2, 0.25) is 0 Å². The summed E-state index contributed by atoms with van der Waals surface area (Å²) in [5, 5.41) is 0. The van der Waals surface area contributed by atoms with E-state index >= 15 is 0 Å². The zero-order valence-electron chi connectivity index (χ0n) is 10.3. The highest BCUT2D eigenvalue weighted by Crippen LogP contribution is 2.22. The van der Waals surface area contributed by atoms with Crippen molar-refractivity contribution < 1.29 is 4.79 Å². The minimum Gasteiger partial charge on any atom is -0.345 e. The van der Waals surface area contributed by atoms with E-state index in [2.05, 4.69) is 30.8 Å². The van der Waals surface area contributed by atoms with Crippen molar-refractivity contribution in [2.75, 3.05) is 19.3 Å². The molecule has 0 N–H and O–H groups in total. The number of aryl methyl sites for hydroxylation is 2. The highest BCUT2D eigenvalue weighted by Gasteiger charge is 2.11. The number of benzene rings is 1. The van der Waals surface area contributed by atoms with E-state index in [9.17, 15) is 4.79 Å². The molecule has 1 aliphatic carbocycles. The van der Waals surface area contributed by atoms with E-state index in [-0.39, 0.29) is 5.91 Å². The lowest BCUT2D eigenvalue weighted by atomic mass is 10.0. The van der Waals surface area contributed by atoms with Crippen molar-refractivity contribution in [2.45, 2.75) is 25.7 Å². The number of amides is 1. The maximum absolute atomic E-state index is 11.4. The number of nitrogens with zero attached hydrogens (tertiary/aromatic N) is 1. The van der Waals surface area contributed by atoms with Gasteiger partial charge < -0.3 is 4.90 Å². The molecule has 0 saturated carbocycles. The molecule has 0 spiro atoms. The molecule has 0 bridgehead atoms. The quantitative estimate of drug-likeness (QED) is 0.810. The summed E-state index contributed by atoms with van der Waals surface area (Å²) in [6.45, 7) is 0.776. The maximum atomic E-state index is 11.4. The Kier molecular flexibility index (Phi) is 4.11. The first-order valence-electron chi connectivity index (χ1n) is 6.16. The molecule has 17 heavy (non-hydrogen) atoms. The first-order chi connectivity index (χ1) is 8.20. The van der Waals surface area contributed by atoms with Crippen LogP contribution < -0.4 is 0 Å². The van der Waals surface area contributed by atoms with Crippen LogP contribution in [0.15, 0.2) is 18.2 Å². The molecular formula is C14H19NOS. The first-order valence-corrected chi connectivity index (χ1v) is 6.79. The van der Waals surface area contributed by atoms with Crippen molar-refractivity contribution in [3.05, 3.63) is 34.9 Å². The van der Waals surface area contributed by atoms with Gasteiger partial charge in [-0.05, 0) is 42.4 Å². The second-order valence-corrected chi connectivity index (χ2v) is 5.00. The minimum atomic E-state index is 0.0921. The third-order valence-corrected chi connectivity index (χ3v) is 3.73. The molecule has 0 unspecified atom stereocenters. The molecule has 1 amide bonds. The van der Waals surface area contributed by atoms with Crippen molar-refractivity contribution in [3.63, 3.8) is 0 Å². The fourth-order valence-electron chi connectivity index (χ4n) is 2.32. The van der Waals surface area contributed by atoms with Crippen molar-refractivity contribution in [1.82, 2.24) is 4.90 Å². The molecule has 1 aromatic rings. The minimum absolute atomic E-state index is 0.0921. The Hall–Kier alpha value is -0.960. The van der Waals surface area contributed by atoms with Crippen molar-refractivity contribution in [1.29, 1.82) is 0 Å². The van der Waals surface area contributed by atoms with Gasteiger partial charge in [0.15, 0.2) is 0 Å². The van der Waals surface area contributed by atoms with Gasteiger partial charge in [0.05, 0.1) is 5.75 Å². The van der Waals surface area contributed by atoms with E-state index in [4.69, 9.17) is 0 Å². The predicted octanol–water partition coefficient (Wildman–Crippen LogP) is 2.11. The fraction of sp³-hybridized carbons (Fsp3) is 0.500. The molecular weight excluding hydrogens is 230 g/mol. The number of rotatable bonds is 4. The van der Waals surface area contributed by atoms with Gasteiger partial charge in [-0.15, -0.1) is 0 Å². The standard InChI is InChI=1S/C14H19NOS/c1-15(14(16)10-17)8-7-11-5-6-12-3-2-4-13(12)9-11/h5-6,9,17H,2-4,7-8,10H2,1H3. The van der Waals surface area contributed by atoms with Crippen LogP contribution in [0.5, 0.6) is 0 Å². The Balaban J connectivity index is 1.93. The molecule has 0 heterocycles. The molecule has 2 rings (SSSR count). The summed E-state index contributed by atoms with van der Waals surface area (Å²) >= 11 is 4.00. The summed E-state index contributed by atoms with van der Waals surface area (Å²) in [4.78, 5) is 13.1. The zero-order valence-corrected chi connectivity index (χ0v) is 11.2. The Labute approximate surface area is 108 Å². The maximum Gasteiger partial charge on any atom is 0.232 e. The van der Waals surface area contributed by atoms with Gasteiger partial charge in [-0.3, -0.25) is 4.79 Å². The van der Waals surface area contributed by atoms with Crippen molar-refractivity contribution in [3.8, 4) is 0 Å². The Morgan fingerprint density at radius 1 is 1.35 bits per heavy atom. The highest BCUT2D eigenvalue weighted by atomic mass is 32.1. The van der Waals surface area contributed by atoms with Crippen LogP contribution in [0.3, 0.4) is 0 Å². The Morgan fingerprint density at radius 3 is 2.88 bits per heavy atom. The van der Waals surface area contributed by atoms with Crippen molar-refractivity contribution >= 4 is 18.5 Å². The van der Waals surface area contributed by atoms with Gasteiger partial charge in [-0.2, -0.15) is 12.6 Å². The van der Waals surface area contributed by atoms with E-state index in [1.54, 1.807) is 4.90 Å². The summed E-state index contributed by atoms with van der Waals surface area (Å²) in [7, 11) is 1.84. The lowest BCUT2D eigenvalue weighted by Gasteiger charge is -2.16. The molecule has 1 aromatic carbocycles. The molecule has 0 fully saturated rings. The molecule has 0 saturated heterocycles. The van der Waals surface area contributed by atoms with Crippen LogP contribution in [-0.4, -0.2) is 30.2 Å². The molecule has 2 nitrogen and oxygen atoms in total. The summed E-state index contributed by atoms with van der Waals surface area (Å²) in [6.07, 6.45) is 4.67. The van der Waals surface area contributed by atoms with Gasteiger partial charge in [-0.1, -0.05) is 18.2 Å². The van der Waals surface area contributed by atoms with E-state index < -0.39 is 0 Å². The van der Waals surface area contributed by atoms with E-state index in [1.165, 1.54) is 36.0 Å². The highest BCUT2D eigenvalue weighted by molar-refractivity contribution is 7.81. The smallest absolute Gasteiger partial charge is 0.232 e. The molecule has 0 atom stereocenters. The summed E-state index contributed by atoms with van der Waals surface area (Å²) in [6, 6.07) is 6.75. The third-order valence-electron chi connectivity index (χ3n) is 3.46. The van der Waals surface area contributed by atoms with Gasteiger partial charge in [0.25, 0.3) is 0 Å². The Bertz CT molecular complexity index is 417. The molecule has 92 valence electrons. The van der Waals surface area contributed by atoms with Gasteiger partial charge in [0, 0.05) is 13.6 Å². The first kappa shape index (κ1) is 12.5. The second-order valence-electron chi connectivity index (χ2n) is 4.68. The van der Waals surface area contributed by atoms with E-state index in [1.807, 2.05) is 7.05 Å². The normalized spacial score (nSPS) is 13.5. The lowest BCUT2D eigenvalue weighted by Crippen LogP contribution is -2.29. The molecule has 0 aromatic heterocycles. The van der Waals surface area contributed by atoms with Gasteiger partial charge >= 0.3 is 0 Å². The molecule has 1 aliphatic rings. The van der Waals surface area contributed by atoms with Crippen molar-refractivity contribution in [2.24, 2.45) is 0 Å². The largest absolute Gasteiger partial charge is 0.345 e. The van der Waals surface area contributed by atoms with Crippen LogP contribution in [-0.2, 0) is 24.1 Å². The van der Waals surface area contributed by atoms with Crippen LogP contribution in [0, 0.1) is 0 Å². The monoisotopic (exact) mass is 249 g/mol. The average molecular weight is 249 g/mol. The second kappa shape index (κ2) is 5.58. The predicted molar refractivity (Wildman–Crippen MR) is 73.7 cm³/mol. The summed E-state index contributed by atoms with van der Waals surface area (Å²) in [5.41, 5.74) is 4.35. The summed E-state index contributed by atoms with van der Waals surface area (Å²) in [5.74, 6) is 0.384. The number of likely N-dealkylation sites (N-methyl/N-ethyl adjacent to an activating group) is 1. The topological polar surface area (TPSA) is 20.3 Å². The number of fused-ring (bicyclic) bond motifs is 1. The number of hydrogen-bond donors (Lipinski definition) is 1. The molecule has 3 heteroatoms. The van der Waals surface area contributed by atoms with Crippen LogP contribution in [0.25, 0.3) is 0 Å². The SMILES string of the molecule is CN(CCc1ccc2c(c1)CCC2)C(=O)CS. The molecule has 0 radical (unpaired) electrons. The number of carbonyl (C=O) groups is 1. The zero-order chi connectivity index (χ0) is 12.3. The van der Waals surface area contributed by atoms with Crippen LogP contribution >= 0.6 is 12.6 Å². The average Bonchev–Trinajstić information content (AvgIpc) is 2.82. The van der Waals surface area contributed by atoms with Gasteiger partial charge in [0.1, 0.15) is 0 Å². The molecule has 0 aliphatic heterocycles. The van der Waals surface area contributed by atoms with Gasteiger partial charge in [0.2, 0.25) is 5.91 Å². The van der Waals surface area contributed by atoms with Crippen LogP contribution in [0.4, 0.5) is 0 Å². The third kappa shape index (κ3) is 3.03.